The Morgan fingerprint density at radius 3 is 2.71 bits per heavy atom. The fraction of sp³-hybridized carbons (Fsp3) is 0.250. The van der Waals surface area contributed by atoms with E-state index in [0.29, 0.717) is 6.54 Å². The van der Waals surface area contributed by atoms with Gasteiger partial charge in [0.15, 0.2) is 0 Å². The minimum Gasteiger partial charge on any atom is -0.381 e. The third-order valence-electron chi connectivity index (χ3n) is 2.54. The van der Waals surface area contributed by atoms with Crippen molar-refractivity contribution in [2.75, 3.05) is 18.4 Å². The van der Waals surface area contributed by atoms with Crippen LogP contribution in [0.3, 0.4) is 0 Å². The van der Waals surface area contributed by atoms with E-state index in [9.17, 15) is 0 Å². The summed E-state index contributed by atoms with van der Waals surface area (Å²) in [5.41, 5.74) is 8.51. The van der Waals surface area contributed by atoms with Gasteiger partial charge >= 0.3 is 0 Å². The van der Waals surface area contributed by atoms with Gasteiger partial charge in [-0.05, 0) is 31.2 Å². The van der Waals surface area contributed by atoms with Crippen LogP contribution in [0.15, 0.2) is 30.5 Å². The third-order valence-corrected chi connectivity index (χ3v) is 2.79. The Morgan fingerprint density at radius 2 is 2.06 bits per heavy atom. The molecule has 2 rings (SSSR count). The highest BCUT2D eigenvalue weighted by atomic mass is 35.5. The number of aromatic nitrogens is 2. The zero-order valence-corrected chi connectivity index (χ0v) is 10.4. The first-order chi connectivity index (χ1) is 8.22. The van der Waals surface area contributed by atoms with Gasteiger partial charge < -0.3 is 11.1 Å². The van der Waals surface area contributed by atoms with Crippen LogP contribution in [0.2, 0.25) is 5.02 Å². The quantitative estimate of drug-likeness (QED) is 0.875. The van der Waals surface area contributed by atoms with Crippen LogP contribution >= 0.6 is 11.6 Å². The Hall–Kier alpha value is -1.52. The van der Waals surface area contributed by atoms with Crippen LogP contribution in [0, 0.1) is 6.92 Å². The van der Waals surface area contributed by atoms with Crippen molar-refractivity contribution in [2.45, 2.75) is 6.92 Å². The van der Waals surface area contributed by atoms with Crippen LogP contribution in [0.4, 0.5) is 5.69 Å². The largest absolute Gasteiger partial charge is 0.381 e. The highest BCUT2D eigenvalue weighted by Gasteiger charge is 2.06. The molecule has 17 heavy (non-hydrogen) atoms. The van der Waals surface area contributed by atoms with Crippen molar-refractivity contribution in [2.24, 2.45) is 5.73 Å². The van der Waals surface area contributed by atoms with E-state index in [1.54, 1.807) is 6.20 Å². The van der Waals surface area contributed by atoms with Crippen molar-refractivity contribution in [1.29, 1.82) is 0 Å². The molecule has 0 unspecified atom stereocenters. The molecule has 0 saturated carbocycles. The molecule has 1 aromatic heterocycles. The molecule has 0 radical (unpaired) electrons. The van der Waals surface area contributed by atoms with E-state index in [1.165, 1.54) is 0 Å². The number of nitrogens with one attached hydrogen (secondary N) is 1. The summed E-state index contributed by atoms with van der Waals surface area (Å²) >= 11 is 5.86. The second kappa shape index (κ2) is 5.21. The van der Waals surface area contributed by atoms with Gasteiger partial charge in [0, 0.05) is 18.1 Å². The van der Waals surface area contributed by atoms with Crippen molar-refractivity contribution >= 4 is 17.3 Å². The number of hydrogen-bond acceptors (Lipinski definition) is 3. The van der Waals surface area contributed by atoms with Gasteiger partial charge in [-0.1, -0.05) is 11.6 Å². The smallest absolute Gasteiger partial charge is 0.0761 e. The Balaban J connectivity index is 2.27. The molecule has 0 amide bonds. The van der Waals surface area contributed by atoms with Gasteiger partial charge in [0.25, 0.3) is 0 Å². The Kier molecular flexibility index (Phi) is 3.66. The predicted molar refractivity (Wildman–Crippen MR) is 70.9 cm³/mol. The zero-order valence-electron chi connectivity index (χ0n) is 9.65. The number of benzene rings is 1. The van der Waals surface area contributed by atoms with E-state index in [-0.39, 0.29) is 0 Å². The molecule has 0 aliphatic heterocycles. The molecule has 4 nitrogen and oxygen atoms in total. The second-order valence-electron chi connectivity index (χ2n) is 3.75. The van der Waals surface area contributed by atoms with Gasteiger partial charge in [0.1, 0.15) is 0 Å². The van der Waals surface area contributed by atoms with E-state index in [1.807, 2.05) is 35.9 Å². The normalized spacial score (nSPS) is 10.5. The molecule has 0 aliphatic carbocycles. The summed E-state index contributed by atoms with van der Waals surface area (Å²) in [4.78, 5) is 0. The van der Waals surface area contributed by atoms with E-state index >= 15 is 0 Å². The summed E-state index contributed by atoms with van der Waals surface area (Å²) < 4.78 is 1.87. The van der Waals surface area contributed by atoms with Crippen LogP contribution < -0.4 is 11.1 Å². The number of nitrogens with two attached hydrogens (primary N) is 1. The standard InChI is InChI=1S/C12H15ClN4/c1-9-12(15-7-6-14)8-16-17(9)11-4-2-10(13)3-5-11/h2-5,8,15H,6-7,14H2,1H3. The van der Waals surface area contributed by atoms with E-state index in [2.05, 4.69) is 10.4 Å². The maximum absolute atomic E-state index is 5.86. The number of anilines is 1. The second-order valence-corrected chi connectivity index (χ2v) is 4.18. The van der Waals surface area contributed by atoms with Gasteiger partial charge in [0.2, 0.25) is 0 Å². The van der Waals surface area contributed by atoms with Crippen LogP contribution in [0.5, 0.6) is 0 Å². The predicted octanol–water partition coefficient (Wildman–Crippen LogP) is 2.20. The van der Waals surface area contributed by atoms with Gasteiger partial charge in [-0.3, -0.25) is 0 Å². The lowest BCUT2D eigenvalue weighted by molar-refractivity contribution is 0.847. The number of halogens is 1. The first-order valence-electron chi connectivity index (χ1n) is 5.47. The molecule has 1 aromatic carbocycles. The van der Waals surface area contributed by atoms with Gasteiger partial charge in [-0.25, -0.2) is 4.68 Å². The van der Waals surface area contributed by atoms with E-state index < -0.39 is 0 Å². The molecule has 1 heterocycles. The van der Waals surface area contributed by atoms with Crippen molar-refractivity contribution in [3.8, 4) is 5.69 Å². The van der Waals surface area contributed by atoms with E-state index in [0.717, 1.165) is 28.6 Å². The Labute approximate surface area is 105 Å². The van der Waals surface area contributed by atoms with Crippen molar-refractivity contribution < 1.29 is 0 Å². The van der Waals surface area contributed by atoms with Crippen LogP contribution in [0.1, 0.15) is 5.69 Å². The molecule has 0 bridgehead atoms. The topological polar surface area (TPSA) is 55.9 Å². The first kappa shape index (κ1) is 12.0. The van der Waals surface area contributed by atoms with Crippen LogP contribution in [-0.4, -0.2) is 22.9 Å². The molecule has 90 valence electrons. The minimum absolute atomic E-state index is 0.603. The molecule has 0 fully saturated rings. The molecule has 0 saturated heterocycles. The van der Waals surface area contributed by atoms with Crippen LogP contribution in [-0.2, 0) is 0 Å². The molecule has 0 aliphatic rings. The lowest BCUT2D eigenvalue weighted by atomic mass is 10.3. The third kappa shape index (κ3) is 2.60. The highest BCUT2D eigenvalue weighted by Crippen LogP contribution is 2.19. The van der Waals surface area contributed by atoms with Crippen molar-refractivity contribution in [3.63, 3.8) is 0 Å². The summed E-state index contributed by atoms with van der Waals surface area (Å²) in [6.45, 7) is 3.36. The maximum atomic E-state index is 5.86. The van der Waals surface area contributed by atoms with Gasteiger partial charge in [0.05, 0.1) is 23.3 Å². The minimum atomic E-state index is 0.603. The number of rotatable bonds is 4. The van der Waals surface area contributed by atoms with Crippen LogP contribution in [0.25, 0.3) is 5.69 Å². The number of nitrogens with zero attached hydrogens (tertiary/aromatic N) is 2. The molecule has 3 N–H and O–H groups in total. The molecule has 0 spiro atoms. The zero-order chi connectivity index (χ0) is 12.3. The molecule has 5 heteroatoms. The average molecular weight is 251 g/mol. The summed E-state index contributed by atoms with van der Waals surface area (Å²) in [6.07, 6.45) is 1.81. The maximum Gasteiger partial charge on any atom is 0.0761 e. The monoisotopic (exact) mass is 250 g/mol. The fourth-order valence-corrected chi connectivity index (χ4v) is 1.76. The molecule has 2 aromatic rings. The SMILES string of the molecule is Cc1c(NCCN)cnn1-c1ccc(Cl)cc1. The lowest BCUT2D eigenvalue weighted by Gasteiger charge is -2.06. The van der Waals surface area contributed by atoms with Crippen molar-refractivity contribution in [1.82, 2.24) is 9.78 Å². The highest BCUT2D eigenvalue weighted by molar-refractivity contribution is 6.30. The van der Waals surface area contributed by atoms with Gasteiger partial charge in [-0.15, -0.1) is 0 Å². The summed E-state index contributed by atoms with van der Waals surface area (Å²) in [5, 5.41) is 8.29. The molecular formula is C12H15ClN4. The first-order valence-corrected chi connectivity index (χ1v) is 5.84. The summed E-state index contributed by atoms with van der Waals surface area (Å²) in [7, 11) is 0. The van der Waals surface area contributed by atoms with Gasteiger partial charge in [-0.2, -0.15) is 5.10 Å². The molecule has 0 atom stereocenters. The molecular weight excluding hydrogens is 236 g/mol. The fourth-order valence-electron chi connectivity index (χ4n) is 1.63. The summed E-state index contributed by atoms with van der Waals surface area (Å²) in [5.74, 6) is 0. The summed E-state index contributed by atoms with van der Waals surface area (Å²) in [6, 6.07) is 7.58. The Bertz CT molecular complexity index is 490. The average Bonchev–Trinajstić information content (AvgIpc) is 2.69. The Morgan fingerprint density at radius 1 is 1.35 bits per heavy atom. The number of hydrogen-bond donors (Lipinski definition) is 2. The lowest BCUT2D eigenvalue weighted by Crippen LogP contribution is -2.13. The van der Waals surface area contributed by atoms with Crippen molar-refractivity contribution in [3.05, 3.63) is 41.2 Å². The van der Waals surface area contributed by atoms with E-state index in [4.69, 9.17) is 17.3 Å².